The van der Waals surface area contributed by atoms with Gasteiger partial charge in [0.2, 0.25) is 5.91 Å². The van der Waals surface area contributed by atoms with Gasteiger partial charge in [-0.3, -0.25) is 4.79 Å². The predicted octanol–water partition coefficient (Wildman–Crippen LogP) is 3.61. The first-order valence-electron chi connectivity index (χ1n) is 8.87. The van der Waals surface area contributed by atoms with E-state index in [1.54, 1.807) is 4.90 Å². The van der Waals surface area contributed by atoms with E-state index in [4.69, 9.17) is 0 Å². The molecule has 2 aromatic heterocycles. The molecule has 0 aliphatic carbocycles. The molecule has 4 rings (SSSR count). The molecule has 0 radical (unpaired) electrons. The van der Waals surface area contributed by atoms with Gasteiger partial charge in [-0.15, -0.1) is 0 Å². The zero-order chi connectivity index (χ0) is 20.5. The van der Waals surface area contributed by atoms with Crippen LogP contribution in [0, 0.1) is 5.82 Å². The molecule has 0 unspecified atom stereocenters. The summed E-state index contributed by atoms with van der Waals surface area (Å²) < 4.78 is 39.8. The third-order valence-electron chi connectivity index (χ3n) is 4.70. The Hall–Kier alpha value is -3.49. The first-order chi connectivity index (χ1) is 14.0. The Morgan fingerprint density at radius 3 is 2.59 bits per heavy atom. The van der Waals surface area contributed by atoms with E-state index in [0.717, 1.165) is 5.56 Å². The molecule has 0 saturated heterocycles. The van der Waals surface area contributed by atoms with E-state index in [1.165, 1.54) is 42.6 Å². The minimum atomic E-state index is -2.77. The normalized spacial score (nSPS) is 13.4. The third kappa shape index (κ3) is 3.63. The maximum atomic E-state index is 13.3. The number of amides is 1. The number of halogens is 3. The summed E-state index contributed by atoms with van der Waals surface area (Å²) in [5.41, 5.74) is 2.64. The Kier molecular flexibility index (Phi) is 4.87. The second-order valence-corrected chi connectivity index (χ2v) is 6.50. The number of aromatic nitrogens is 4. The van der Waals surface area contributed by atoms with E-state index >= 15 is 0 Å². The van der Waals surface area contributed by atoms with Gasteiger partial charge in [0.25, 0.3) is 0 Å². The molecule has 0 atom stereocenters. The van der Waals surface area contributed by atoms with Gasteiger partial charge in [0.05, 0.1) is 17.9 Å². The number of nitrogens with zero attached hydrogens (tertiary/aromatic N) is 5. The van der Waals surface area contributed by atoms with Crippen molar-refractivity contribution >= 4 is 5.91 Å². The summed E-state index contributed by atoms with van der Waals surface area (Å²) in [5.74, 6) is -0.315. The first kappa shape index (κ1) is 18.9. The zero-order valence-electron chi connectivity index (χ0n) is 15.2. The SMILES string of the molecule is C=CC(=O)N1CCc2c(nc(-c3ccc(F)cc3)nc2-c2ccn(C(F)F)n2)C1. The molecule has 0 saturated carbocycles. The van der Waals surface area contributed by atoms with Crippen LogP contribution < -0.4 is 0 Å². The van der Waals surface area contributed by atoms with Crippen LogP contribution in [-0.4, -0.2) is 37.1 Å². The van der Waals surface area contributed by atoms with Gasteiger partial charge in [0.1, 0.15) is 11.5 Å². The lowest BCUT2D eigenvalue weighted by Gasteiger charge is -2.28. The molecule has 1 aromatic carbocycles. The van der Waals surface area contributed by atoms with Crippen molar-refractivity contribution in [3.05, 3.63) is 66.3 Å². The summed E-state index contributed by atoms with van der Waals surface area (Å²) in [4.78, 5) is 22.7. The monoisotopic (exact) mass is 399 g/mol. The number of carbonyl (C=O) groups excluding carboxylic acids is 1. The van der Waals surface area contributed by atoms with E-state index in [1.807, 2.05) is 0 Å². The summed E-state index contributed by atoms with van der Waals surface area (Å²) in [7, 11) is 0. The second-order valence-electron chi connectivity index (χ2n) is 6.50. The van der Waals surface area contributed by atoms with E-state index in [-0.39, 0.29) is 18.1 Å². The van der Waals surface area contributed by atoms with Crippen LogP contribution in [-0.2, 0) is 17.8 Å². The highest BCUT2D eigenvalue weighted by atomic mass is 19.3. The predicted molar refractivity (Wildman–Crippen MR) is 99.2 cm³/mol. The smallest absolute Gasteiger partial charge is 0.333 e. The van der Waals surface area contributed by atoms with Crippen molar-refractivity contribution in [2.75, 3.05) is 6.54 Å². The Morgan fingerprint density at radius 1 is 1.17 bits per heavy atom. The molecule has 1 aliphatic rings. The summed E-state index contributed by atoms with van der Waals surface area (Å²) in [6.45, 7) is 1.41. The van der Waals surface area contributed by atoms with Crippen molar-refractivity contribution in [3.8, 4) is 22.8 Å². The number of carbonyl (C=O) groups is 1. The molecule has 9 heteroatoms. The fraction of sp³-hybridized carbons (Fsp3) is 0.200. The van der Waals surface area contributed by atoms with Crippen LogP contribution in [0.2, 0.25) is 0 Å². The molecule has 148 valence electrons. The number of alkyl halides is 2. The van der Waals surface area contributed by atoms with Crippen molar-refractivity contribution in [3.63, 3.8) is 0 Å². The summed E-state index contributed by atoms with van der Waals surface area (Å²) in [5, 5.41) is 3.93. The number of benzene rings is 1. The molecule has 0 bridgehead atoms. The van der Waals surface area contributed by atoms with E-state index in [0.29, 0.717) is 40.4 Å². The van der Waals surface area contributed by atoms with Gasteiger partial charge in [-0.05, 0) is 42.8 Å². The molecule has 6 nitrogen and oxygen atoms in total. The molecular formula is C20H16F3N5O. The van der Waals surface area contributed by atoms with Gasteiger partial charge >= 0.3 is 6.55 Å². The minimum absolute atomic E-state index is 0.221. The molecule has 29 heavy (non-hydrogen) atoms. The van der Waals surface area contributed by atoms with Crippen molar-refractivity contribution in [1.29, 1.82) is 0 Å². The summed E-state index contributed by atoms with van der Waals surface area (Å²) in [6.07, 6.45) is 2.87. The van der Waals surface area contributed by atoms with E-state index < -0.39 is 12.4 Å². The molecule has 0 fully saturated rings. The topological polar surface area (TPSA) is 63.9 Å². The van der Waals surface area contributed by atoms with Crippen LogP contribution in [0.5, 0.6) is 0 Å². The summed E-state index contributed by atoms with van der Waals surface area (Å²) in [6, 6.07) is 7.11. The highest BCUT2D eigenvalue weighted by Gasteiger charge is 2.26. The minimum Gasteiger partial charge on any atom is -0.333 e. The molecule has 3 heterocycles. The van der Waals surface area contributed by atoms with Gasteiger partial charge in [-0.2, -0.15) is 13.9 Å². The maximum Gasteiger partial charge on any atom is 0.333 e. The largest absolute Gasteiger partial charge is 0.333 e. The standard InChI is InChI=1S/C20H16F3N5O/c1-2-17(29)27-9-7-14-16(11-27)24-19(12-3-5-13(21)6-4-12)25-18(14)15-8-10-28(26-15)20(22)23/h2-6,8,10,20H,1,7,9,11H2. The molecule has 0 N–H and O–H groups in total. The lowest BCUT2D eigenvalue weighted by Crippen LogP contribution is -2.35. The average molecular weight is 399 g/mol. The Balaban J connectivity index is 1.84. The molecule has 1 aliphatic heterocycles. The Labute approximate surface area is 164 Å². The Bertz CT molecular complexity index is 1080. The Morgan fingerprint density at radius 2 is 1.93 bits per heavy atom. The van der Waals surface area contributed by atoms with Gasteiger partial charge in [-0.1, -0.05) is 6.58 Å². The zero-order valence-corrected chi connectivity index (χ0v) is 15.2. The van der Waals surface area contributed by atoms with Crippen molar-refractivity contribution in [2.45, 2.75) is 19.5 Å². The second kappa shape index (κ2) is 7.50. The molecular weight excluding hydrogens is 383 g/mol. The number of hydrogen-bond donors (Lipinski definition) is 0. The van der Waals surface area contributed by atoms with Crippen molar-refractivity contribution in [1.82, 2.24) is 24.6 Å². The number of rotatable bonds is 4. The lowest BCUT2D eigenvalue weighted by molar-refractivity contribution is -0.126. The first-order valence-corrected chi connectivity index (χ1v) is 8.87. The number of fused-ring (bicyclic) bond motifs is 1. The van der Waals surface area contributed by atoms with Crippen LogP contribution in [0.1, 0.15) is 17.8 Å². The van der Waals surface area contributed by atoms with Crippen molar-refractivity contribution < 1.29 is 18.0 Å². The highest BCUT2D eigenvalue weighted by Crippen LogP contribution is 2.30. The maximum absolute atomic E-state index is 13.3. The van der Waals surface area contributed by atoms with Crippen LogP contribution in [0.15, 0.2) is 49.2 Å². The fourth-order valence-corrected chi connectivity index (χ4v) is 3.26. The van der Waals surface area contributed by atoms with E-state index in [2.05, 4.69) is 21.6 Å². The molecule has 3 aromatic rings. The number of hydrogen-bond acceptors (Lipinski definition) is 4. The van der Waals surface area contributed by atoms with Crippen LogP contribution in [0.3, 0.4) is 0 Å². The molecule has 0 spiro atoms. The van der Waals surface area contributed by atoms with E-state index in [9.17, 15) is 18.0 Å². The van der Waals surface area contributed by atoms with Crippen LogP contribution in [0.4, 0.5) is 13.2 Å². The summed E-state index contributed by atoms with van der Waals surface area (Å²) >= 11 is 0. The van der Waals surface area contributed by atoms with Gasteiger partial charge < -0.3 is 4.90 Å². The lowest BCUT2D eigenvalue weighted by atomic mass is 10.0. The highest BCUT2D eigenvalue weighted by molar-refractivity contribution is 5.87. The van der Waals surface area contributed by atoms with Gasteiger partial charge in [-0.25, -0.2) is 19.0 Å². The fourth-order valence-electron chi connectivity index (χ4n) is 3.26. The van der Waals surface area contributed by atoms with Crippen LogP contribution in [0.25, 0.3) is 22.8 Å². The van der Waals surface area contributed by atoms with Crippen LogP contribution >= 0.6 is 0 Å². The van der Waals surface area contributed by atoms with Gasteiger partial charge in [0.15, 0.2) is 5.82 Å². The van der Waals surface area contributed by atoms with Gasteiger partial charge in [0, 0.05) is 23.9 Å². The molecule has 1 amide bonds. The third-order valence-corrected chi connectivity index (χ3v) is 4.70. The quantitative estimate of drug-likeness (QED) is 0.629. The van der Waals surface area contributed by atoms with Crippen molar-refractivity contribution in [2.24, 2.45) is 0 Å². The average Bonchev–Trinajstić information content (AvgIpc) is 3.23.